The predicted octanol–water partition coefficient (Wildman–Crippen LogP) is -1.45. The Balaban J connectivity index is 5.44. The smallest absolute Gasteiger partial charge is 0.321 e. The number of hydrogen-bond acceptors (Lipinski definition) is 7. The number of nitrogens with two attached hydrogens (primary N) is 3. The van der Waals surface area contributed by atoms with E-state index in [0.717, 1.165) is 5.01 Å². The molecule has 0 radical (unpaired) electrons. The Labute approximate surface area is 136 Å². The number of hydrazine groups is 1. The molecule has 8 N–H and O–H groups in total. The first-order valence-electron chi connectivity index (χ1n) is 7.31. The van der Waals surface area contributed by atoms with Crippen molar-refractivity contribution in [2.45, 2.75) is 70.2 Å². The fourth-order valence-corrected chi connectivity index (χ4v) is 2.28. The Morgan fingerprint density at radius 3 is 1.96 bits per heavy atom. The average molecular weight is 331 g/mol. The second-order valence-electron chi connectivity index (χ2n) is 6.99. The number of carboxylic acids is 1. The van der Waals surface area contributed by atoms with E-state index in [2.05, 4.69) is 5.43 Å². The number of hydrogen-bond donors (Lipinski definition) is 5. The molecule has 0 rings (SSSR count). The predicted molar refractivity (Wildman–Crippen MR) is 86.1 cm³/mol. The molecule has 0 saturated heterocycles. The van der Waals surface area contributed by atoms with Crippen molar-refractivity contribution in [3.63, 3.8) is 0 Å². The van der Waals surface area contributed by atoms with Gasteiger partial charge in [-0.15, -0.1) is 0 Å². The molecule has 23 heavy (non-hydrogen) atoms. The Morgan fingerprint density at radius 2 is 1.65 bits per heavy atom. The summed E-state index contributed by atoms with van der Waals surface area (Å²) in [4.78, 5) is 34.2. The van der Waals surface area contributed by atoms with E-state index in [1.165, 1.54) is 6.92 Å². The molecule has 0 aromatic carbocycles. The molecule has 0 heterocycles. The highest BCUT2D eigenvalue weighted by molar-refractivity contribution is 5.85. The van der Waals surface area contributed by atoms with Crippen molar-refractivity contribution in [2.75, 3.05) is 0 Å². The molecular weight excluding hydrogens is 302 g/mol. The summed E-state index contributed by atoms with van der Waals surface area (Å²) >= 11 is 0. The van der Waals surface area contributed by atoms with Crippen LogP contribution in [0.3, 0.4) is 0 Å². The van der Waals surface area contributed by atoms with Crippen LogP contribution in [0.15, 0.2) is 0 Å². The second kappa shape index (κ2) is 7.82. The number of nitrogens with zero attached hydrogens (tertiary/aromatic N) is 1. The van der Waals surface area contributed by atoms with Gasteiger partial charge in [-0.3, -0.25) is 14.6 Å². The Kier molecular flexibility index (Phi) is 7.29. The molecule has 9 heteroatoms. The maximum absolute atomic E-state index is 12.3. The lowest BCUT2D eigenvalue weighted by atomic mass is 9.82. The first kappa shape index (κ1) is 21.4. The lowest BCUT2D eigenvalue weighted by Crippen LogP contribution is -2.70. The number of rotatable bonds is 9. The molecule has 0 fully saturated rings. The normalized spacial score (nSPS) is 15.2. The van der Waals surface area contributed by atoms with Gasteiger partial charge >= 0.3 is 5.97 Å². The summed E-state index contributed by atoms with van der Waals surface area (Å²) < 4.78 is 0. The topological polar surface area (TPSA) is 165 Å². The van der Waals surface area contributed by atoms with Crippen molar-refractivity contribution in [1.82, 2.24) is 10.4 Å². The number of amides is 1. The van der Waals surface area contributed by atoms with Crippen molar-refractivity contribution < 1.29 is 19.5 Å². The van der Waals surface area contributed by atoms with E-state index >= 15 is 0 Å². The summed E-state index contributed by atoms with van der Waals surface area (Å²) in [6, 6.07) is -2.76. The van der Waals surface area contributed by atoms with Crippen molar-refractivity contribution in [3.05, 3.63) is 0 Å². The first-order chi connectivity index (χ1) is 10.2. The Bertz CT molecular complexity index is 427. The summed E-state index contributed by atoms with van der Waals surface area (Å²) in [5.74, 6) is -1.93. The van der Waals surface area contributed by atoms with Crippen LogP contribution in [0, 0.1) is 0 Å². The van der Waals surface area contributed by atoms with E-state index in [0.29, 0.717) is 6.29 Å². The van der Waals surface area contributed by atoms with Crippen molar-refractivity contribution in [1.29, 1.82) is 0 Å². The highest BCUT2D eigenvalue weighted by Gasteiger charge is 2.39. The number of carbonyl (C=O) groups is 3. The van der Waals surface area contributed by atoms with Gasteiger partial charge in [-0.25, -0.2) is 5.43 Å². The van der Waals surface area contributed by atoms with Crippen LogP contribution in [0.1, 0.15) is 41.0 Å². The third kappa shape index (κ3) is 6.61. The van der Waals surface area contributed by atoms with Gasteiger partial charge in [0.05, 0.1) is 12.5 Å². The van der Waals surface area contributed by atoms with Crippen LogP contribution in [0.5, 0.6) is 0 Å². The lowest BCUT2D eigenvalue weighted by Gasteiger charge is -2.44. The largest absolute Gasteiger partial charge is 0.480 e. The van der Waals surface area contributed by atoms with E-state index in [-0.39, 0.29) is 0 Å². The Hall–Kier alpha value is -1.55. The standard InChI is InChI=1S/C14H29N5O4/c1-8(7-20)19(10(21)6-9(15)11(22)23)18-12(13(2,3)16)14(4,5)17/h7-9,12,18H,6,15-17H2,1-5H3,(H,22,23). The zero-order valence-electron chi connectivity index (χ0n) is 14.4. The van der Waals surface area contributed by atoms with Gasteiger partial charge in [0.25, 0.3) is 0 Å². The third-order valence-electron chi connectivity index (χ3n) is 3.34. The summed E-state index contributed by atoms with van der Waals surface area (Å²) in [5, 5.41) is 9.87. The SMILES string of the molecule is CC(C=O)N(NC(C(C)(C)N)C(C)(C)N)C(=O)CC(N)C(=O)O. The van der Waals surface area contributed by atoms with Crippen LogP contribution in [-0.2, 0) is 14.4 Å². The maximum atomic E-state index is 12.3. The average Bonchev–Trinajstić information content (AvgIpc) is 2.35. The van der Waals surface area contributed by atoms with E-state index < -0.39 is 47.5 Å². The van der Waals surface area contributed by atoms with Crippen LogP contribution in [0.4, 0.5) is 0 Å². The lowest BCUT2D eigenvalue weighted by molar-refractivity contribution is -0.146. The van der Waals surface area contributed by atoms with E-state index in [9.17, 15) is 14.4 Å². The maximum Gasteiger partial charge on any atom is 0.321 e. The van der Waals surface area contributed by atoms with Crippen LogP contribution < -0.4 is 22.6 Å². The molecule has 1 amide bonds. The quantitative estimate of drug-likeness (QED) is 0.253. The second-order valence-corrected chi connectivity index (χ2v) is 6.99. The van der Waals surface area contributed by atoms with E-state index in [1.807, 2.05) is 0 Å². The molecule has 2 atom stereocenters. The summed E-state index contributed by atoms with van der Waals surface area (Å²) in [6.45, 7) is 8.42. The number of aliphatic carboxylic acids is 1. The minimum Gasteiger partial charge on any atom is -0.480 e. The van der Waals surface area contributed by atoms with Crippen LogP contribution in [0.25, 0.3) is 0 Å². The Morgan fingerprint density at radius 1 is 1.22 bits per heavy atom. The summed E-state index contributed by atoms with van der Waals surface area (Å²) in [6.07, 6.45) is 0.102. The van der Waals surface area contributed by atoms with Crippen molar-refractivity contribution in [2.24, 2.45) is 17.2 Å². The fraction of sp³-hybridized carbons (Fsp3) is 0.786. The number of carboxylic acid groups (broad SMARTS) is 1. The molecule has 0 aliphatic heterocycles. The van der Waals surface area contributed by atoms with Gasteiger partial charge in [-0.1, -0.05) is 0 Å². The molecular formula is C14H29N5O4. The fourth-order valence-electron chi connectivity index (χ4n) is 2.28. The van der Waals surface area contributed by atoms with Gasteiger partial charge in [0.1, 0.15) is 18.4 Å². The zero-order valence-corrected chi connectivity index (χ0v) is 14.4. The molecule has 2 unspecified atom stereocenters. The molecule has 0 aliphatic carbocycles. The molecule has 0 aromatic heterocycles. The van der Waals surface area contributed by atoms with Gasteiger partial charge in [0.15, 0.2) is 0 Å². The van der Waals surface area contributed by atoms with Crippen LogP contribution in [-0.4, -0.2) is 57.5 Å². The third-order valence-corrected chi connectivity index (χ3v) is 3.34. The molecule has 134 valence electrons. The summed E-state index contributed by atoms with van der Waals surface area (Å²) in [7, 11) is 0. The number of nitrogens with one attached hydrogen (secondary N) is 1. The minimum absolute atomic E-state index is 0.455. The van der Waals surface area contributed by atoms with Gasteiger partial charge in [0.2, 0.25) is 5.91 Å². The van der Waals surface area contributed by atoms with Gasteiger partial charge in [-0.05, 0) is 34.6 Å². The molecule has 9 nitrogen and oxygen atoms in total. The molecule has 0 bridgehead atoms. The van der Waals surface area contributed by atoms with E-state index in [1.54, 1.807) is 27.7 Å². The van der Waals surface area contributed by atoms with Gasteiger partial charge < -0.3 is 27.1 Å². The highest BCUT2D eigenvalue weighted by Crippen LogP contribution is 2.18. The van der Waals surface area contributed by atoms with Gasteiger partial charge in [-0.2, -0.15) is 0 Å². The highest BCUT2D eigenvalue weighted by atomic mass is 16.4. The van der Waals surface area contributed by atoms with Gasteiger partial charge in [0, 0.05) is 11.1 Å². The van der Waals surface area contributed by atoms with Crippen LogP contribution in [0.2, 0.25) is 0 Å². The van der Waals surface area contributed by atoms with E-state index in [4.69, 9.17) is 22.3 Å². The molecule has 0 aliphatic rings. The molecule has 0 aromatic rings. The van der Waals surface area contributed by atoms with Crippen molar-refractivity contribution in [3.8, 4) is 0 Å². The first-order valence-corrected chi connectivity index (χ1v) is 7.31. The zero-order chi connectivity index (χ0) is 18.6. The number of aldehydes is 1. The van der Waals surface area contributed by atoms with Crippen LogP contribution >= 0.6 is 0 Å². The minimum atomic E-state index is -1.36. The van der Waals surface area contributed by atoms with Crippen molar-refractivity contribution >= 4 is 18.2 Å². The monoisotopic (exact) mass is 331 g/mol. The summed E-state index contributed by atoms with van der Waals surface area (Å²) in [5.41, 5.74) is 18.9. The molecule has 0 spiro atoms. The molecule has 0 saturated carbocycles. The number of carbonyl (C=O) groups excluding carboxylic acids is 2.